The Morgan fingerprint density at radius 2 is 1.39 bits per heavy atom. The van der Waals surface area contributed by atoms with Gasteiger partial charge in [0.2, 0.25) is 0 Å². The number of hydrogen-bond donors (Lipinski definition) is 1. The molecule has 7 aromatic rings. The largest absolute Gasteiger partial charge is 0.354 e. The van der Waals surface area contributed by atoms with E-state index < -0.39 is 8.07 Å². The fourth-order valence-corrected chi connectivity index (χ4v) is 13.0. The SMILES string of the molecule is CC1C=CC([Si]2(c3ccccc3)c3cc4c(cc3-c3c2ccc2ccccc32)[nH]c2ccc3ccccc3c24)=CC1. The summed E-state index contributed by atoms with van der Waals surface area (Å²) in [5.74, 6) is 0.569. The van der Waals surface area contributed by atoms with E-state index in [4.69, 9.17) is 0 Å². The molecule has 0 radical (unpaired) electrons. The van der Waals surface area contributed by atoms with Crippen LogP contribution in [0.15, 0.2) is 139 Å². The highest BCUT2D eigenvalue weighted by Gasteiger charge is 2.50. The number of aromatic nitrogens is 1. The first-order chi connectivity index (χ1) is 20.2. The van der Waals surface area contributed by atoms with Crippen molar-refractivity contribution in [1.82, 2.24) is 4.98 Å². The Morgan fingerprint density at radius 1 is 0.659 bits per heavy atom. The van der Waals surface area contributed by atoms with Crippen molar-refractivity contribution >= 4 is 67.0 Å². The van der Waals surface area contributed by atoms with Crippen molar-refractivity contribution in [3.8, 4) is 11.1 Å². The molecule has 0 amide bonds. The second kappa shape index (κ2) is 8.42. The van der Waals surface area contributed by atoms with E-state index >= 15 is 0 Å². The van der Waals surface area contributed by atoms with Crippen LogP contribution in [-0.2, 0) is 0 Å². The van der Waals surface area contributed by atoms with Crippen molar-refractivity contribution in [2.24, 2.45) is 5.92 Å². The van der Waals surface area contributed by atoms with Crippen LogP contribution in [0.3, 0.4) is 0 Å². The Hall–Kier alpha value is -4.66. The lowest BCUT2D eigenvalue weighted by Crippen LogP contribution is -2.66. The van der Waals surface area contributed by atoms with Gasteiger partial charge in [0, 0.05) is 21.8 Å². The molecular formula is C39H29NSi. The van der Waals surface area contributed by atoms with Crippen molar-refractivity contribution < 1.29 is 0 Å². The van der Waals surface area contributed by atoms with E-state index in [2.05, 4.69) is 145 Å². The molecule has 1 aliphatic heterocycles. The first-order valence-corrected chi connectivity index (χ1v) is 16.7. The maximum atomic E-state index is 3.82. The molecule has 6 aromatic carbocycles. The maximum absolute atomic E-state index is 3.82. The van der Waals surface area contributed by atoms with Crippen LogP contribution < -0.4 is 15.6 Å². The maximum Gasteiger partial charge on any atom is 0.180 e. The smallest absolute Gasteiger partial charge is 0.180 e. The monoisotopic (exact) mass is 539 g/mol. The molecule has 1 aliphatic carbocycles. The molecule has 194 valence electrons. The zero-order valence-electron chi connectivity index (χ0n) is 23.0. The normalized spacial score (nSPS) is 19.6. The predicted molar refractivity (Wildman–Crippen MR) is 178 cm³/mol. The second-order valence-electron chi connectivity index (χ2n) is 11.8. The van der Waals surface area contributed by atoms with Gasteiger partial charge in [-0.15, -0.1) is 0 Å². The molecule has 0 saturated carbocycles. The van der Waals surface area contributed by atoms with Crippen molar-refractivity contribution in [2.45, 2.75) is 13.3 Å². The lowest BCUT2D eigenvalue weighted by molar-refractivity contribution is 0.734. The second-order valence-corrected chi connectivity index (χ2v) is 15.6. The number of hydrogen-bond acceptors (Lipinski definition) is 0. The molecule has 1 nitrogen and oxygen atoms in total. The summed E-state index contributed by atoms with van der Waals surface area (Å²) in [7, 11) is -2.58. The van der Waals surface area contributed by atoms with E-state index in [1.165, 1.54) is 75.2 Å². The molecule has 9 rings (SSSR count). The first kappa shape index (κ1) is 23.1. The topological polar surface area (TPSA) is 15.8 Å². The Kier molecular flexibility index (Phi) is 4.74. The van der Waals surface area contributed by atoms with E-state index in [1.54, 1.807) is 0 Å². The van der Waals surface area contributed by atoms with Crippen LogP contribution in [0.2, 0.25) is 0 Å². The Morgan fingerprint density at radius 3 is 2.20 bits per heavy atom. The molecule has 0 spiro atoms. The van der Waals surface area contributed by atoms with Gasteiger partial charge >= 0.3 is 0 Å². The predicted octanol–water partition coefficient (Wildman–Crippen LogP) is 8.14. The van der Waals surface area contributed by atoms with E-state index in [-0.39, 0.29) is 0 Å². The minimum absolute atomic E-state index is 0.569. The molecule has 1 aromatic heterocycles. The summed E-state index contributed by atoms with van der Waals surface area (Å²) < 4.78 is 0. The molecule has 2 heteroatoms. The third-order valence-electron chi connectivity index (χ3n) is 9.59. The lowest BCUT2D eigenvalue weighted by Gasteiger charge is -2.34. The fourth-order valence-electron chi connectivity index (χ4n) is 7.74. The van der Waals surface area contributed by atoms with Gasteiger partial charge in [-0.05, 0) is 77.9 Å². The van der Waals surface area contributed by atoms with Gasteiger partial charge in [0.15, 0.2) is 8.07 Å². The van der Waals surface area contributed by atoms with Crippen molar-refractivity contribution in [3.63, 3.8) is 0 Å². The Bertz CT molecular complexity index is 2250. The number of rotatable bonds is 2. The van der Waals surface area contributed by atoms with Gasteiger partial charge in [0.05, 0.1) is 0 Å². The summed E-state index contributed by atoms with van der Waals surface area (Å²) in [5.41, 5.74) is 5.24. The van der Waals surface area contributed by atoms with E-state index in [9.17, 15) is 0 Å². The summed E-state index contributed by atoms with van der Waals surface area (Å²) in [4.78, 5) is 3.82. The van der Waals surface area contributed by atoms with Gasteiger partial charge in [-0.3, -0.25) is 0 Å². The van der Waals surface area contributed by atoms with Crippen LogP contribution in [0, 0.1) is 5.92 Å². The Labute approximate surface area is 240 Å². The number of aromatic amines is 1. The highest BCUT2D eigenvalue weighted by molar-refractivity contribution is 7.19. The van der Waals surface area contributed by atoms with Crippen LogP contribution in [0.25, 0.3) is 54.5 Å². The van der Waals surface area contributed by atoms with Crippen LogP contribution in [-0.4, -0.2) is 13.1 Å². The number of allylic oxidation sites excluding steroid dienone is 4. The summed E-state index contributed by atoms with van der Waals surface area (Å²) in [6, 6.07) is 43.5. The standard InChI is InChI=1S/C39H29NSi/c1-25-15-19-29(20-16-25)41(28-11-3-2-4-12-28)36-22-18-27-10-6-8-14-31(27)39(36)33-23-35-32(24-37(33)41)38-30-13-7-5-9-26(30)17-21-34(38)40-35/h2-15,17-25,40H,16H2,1H3. The molecule has 0 fully saturated rings. The quantitative estimate of drug-likeness (QED) is 0.214. The molecule has 1 N–H and O–H groups in total. The van der Waals surface area contributed by atoms with Gasteiger partial charge in [0.1, 0.15) is 0 Å². The summed E-state index contributed by atoms with van der Waals surface area (Å²) >= 11 is 0. The molecule has 2 atom stereocenters. The van der Waals surface area contributed by atoms with Crippen LogP contribution >= 0.6 is 0 Å². The van der Waals surface area contributed by atoms with Gasteiger partial charge < -0.3 is 4.98 Å². The van der Waals surface area contributed by atoms with Gasteiger partial charge in [0.25, 0.3) is 0 Å². The fraction of sp³-hybridized carbons (Fsp3) is 0.0769. The Balaban J connectivity index is 1.50. The minimum Gasteiger partial charge on any atom is -0.354 e. The van der Waals surface area contributed by atoms with Gasteiger partial charge in [-0.2, -0.15) is 0 Å². The molecule has 2 heterocycles. The van der Waals surface area contributed by atoms with Crippen LogP contribution in [0.1, 0.15) is 13.3 Å². The molecule has 0 bridgehead atoms. The van der Waals surface area contributed by atoms with Crippen molar-refractivity contribution in [3.05, 3.63) is 139 Å². The summed E-state index contributed by atoms with van der Waals surface area (Å²) in [6.07, 6.45) is 8.55. The zero-order valence-corrected chi connectivity index (χ0v) is 24.0. The van der Waals surface area contributed by atoms with Gasteiger partial charge in [-0.1, -0.05) is 128 Å². The molecular weight excluding hydrogens is 511 g/mol. The van der Waals surface area contributed by atoms with Crippen molar-refractivity contribution in [2.75, 3.05) is 0 Å². The average molecular weight is 540 g/mol. The first-order valence-electron chi connectivity index (χ1n) is 14.7. The third-order valence-corrected chi connectivity index (χ3v) is 14.5. The highest BCUT2D eigenvalue weighted by Crippen LogP contribution is 2.41. The summed E-state index contributed by atoms with van der Waals surface area (Å²) in [6.45, 7) is 2.32. The summed E-state index contributed by atoms with van der Waals surface area (Å²) in [5, 5.41) is 13.9. The number of nitrogens with one attached hydrogen (secondary N) is 1. The van der Waals surface area contributed by atoms with Crippen molar-refractivity contribution in [1.29, 1.82) is 0 Å². The van der Waals surface area contributed by atoms with Gasteiger partial charge in [-0.25, -0.2) is 0 Å². The molecule has 2 unspecified atom stereocenters. The number of H-pyrrole nitrogens is 1. The lowest BCUT2D eigenvalue weighted by atomic mass is 9.97. The van der Waals surface area contributed by atoms with E-state index in [0.29, 0.717) is 5.92 Å². The molecule has 41 heavy (non-hydrogen) atoms. The zero-order chi connectivity index (χ0) is 27.1. The van der Waals surface area contributed by atoms with E-state index in [0.717, 1.165) is 6.42 Å². The van der Waals surface area contributed by atoms with Crippen LogP contribution in [0.4, 0.5) is 0 Å². The number of fused-ring (bicyclic) bond motifs is 10. The molecule has 0 saturated heterocycles. The third kappa shape index (κ3) is 3.06. The van der Waals surface area contributed by atoms with Crippen LogP contribution in [0.5, 0.6) is 0 Å². The van der Waals surface area contributed by atoms with E-state index in [1.807, 2.05) is 0 Å². The highest BCUT2D eigenvalue weighted by atomic mass is 28.3. The number of benzene rings is 6. The minimum atomic E-state index is -2.58. The average Bonchev–Trinajstić information content (AvgIpc) is 3.54. The molecule has 2 aliphatic rings.